The number of benzene rings is 2. The molecule has 0 radical (unpaired) electrons. The van der Waals surface area contributed by atoms with Gasteiger partial charge in [-0.1, -0.05) is 42.5 Å². The average Bonchev–Trinajstić information content (AvgIpc) is 2.90. The van der Waals surface area contributed by atoms with Crippen LogP contribution in [0.2, 0.25) is 0 Å². The second-order valence-electron chi connectivity index (χ2n) is 8.63. The van der Waals surface area contributed by atoms with Gasteiger partial charge in [-0.25, -0.2) is 9.97 Å². The number of fused-ring (bicyclic) bond motifs is 4. The van der Waals surface area contributed by atoms with Gasteiger partial charge in [0.15, 0.2) is 0 Å². The van der Waals surface area contributed by atoms with Gasteiger partial charge in [0.05, 0.1) is 22.6 Å². The van der Waals surface area contributed by atoms with Crippen molar-refractivity contribution in [2.75, 3.05) is 31.1 Å². The first-order chi connectivity index (χ1) is 17.1. The first-order valence-electron chi connectivity index (χ1n) is 11.4. The monoisotopic (exact) mass is 463 g/mol. The Hall–Kier alpha value is -4.55. The maximum atomic E-state index is 13.3. The van der Waals surface area contributed by atoms with Crippen molar-refractivity contribution in [1.29, 1.82) is 5.26 Å². The number of nitrogens with zero attached hydrogens (tertiary/aromatic N) is 6. The summed E-state index contributed by atoms with van der Waals surface area (Å²) in [7, 11) is 0. The van der Waals surface area contributed by atoms with Gasteiger partial charge in [0.25, 0.3) is 5.56 Å². The zero-order valence-corrected chi connectivity index (χ0v) is 18.8. The van der Waals surface area contributed by atoms with Crippen LogP contribution in [-0.2, 0) is 6.54 Å². The third-order valence-electron chi connectivity index (χ3n) is 6.53. The number of hydrogen-bond acceptors (Lipinski definition) is 7. The Balaban J connectivity index is 1.40. The van der Waals surface area contributed by atoms with E-state index in [0.29, 0.717) is 29.9 Å². The second kappa shape index (κ2) is 8.34. The predicted octanol–water partition coefficient (Wildman–Crippen LogP) is 2.28. The van der Waals surface area contributed by atoms with Crippen LogP contribution >= 0.6 is 0 Å². The molecule has 0 aliphatic carbocycles. The standard InChI is InChI=1S/C26H21N7O2/c27-14-19-23(34)22-21(33-24(19)29-20-9-5-4-8-18(20)25(33)35)15-28-26(30-22)32-12-10-31(11-13-32)16-17-6-2-1-3-7-17/h1-9,15,29H,10-13,16H2. The lowest BCUT2D eigenvalue weighted by molar-refractivity contribution is 0.249. The quantitative estimate of drug-likeness (QED) is 0.323. The maximum Gasteiger partial charge on any atom is 0.266 e. The Bertz CT molecular complexity index is 1740. The number of nitrogens with one attached hydrogen (secondary N) is 1. The van der Waals surface area contributed by atoms with Gasteiger partial charge >= 0.3 is 0 Å². The molecule has 0 saturated carbocycles. The van der Waals surface area contributed by atoms with Crippen molar-refractivity contribution >= 4 is 33.5 Å². The van der Waals surface area contributed by atoms with Crippen molar-refractivity contribution in [3.8, 4) is 6.07 Å². The minimum Gasteiger partial charge on any atom is -0.339 e. The molecule has 1 aliphatic heterocycles. The van der Waals surface area contributed by atoms with Gasteiger partial charge in [-0.15, -0.1) is 0 Å². The predicted molar refractivity (Wildman–Crippen MR) is 134 cm³/mol. The van der Waals surface area contributed by atoms with Gasteiger partial charge in [0, 0.05) is 32.7 Å². The molecule has 9 nitrogen and oxygen atoms in total. The Morgan fingerprint density at radius 2 is 1.71 bits per heavy atom. The summed E-state index contributed by atoms with van der Waals surface area (Å²) in [5.41, 5.74) is 1.33. The van der Waals surface area contributed by atoms with Crippen LogP contribution in [0.1, 0.15) is 11.1 Å². The van der Waals surface area contributed by atoms with Gasteiger partial charge in [0.2, 0.25) is 11.4 Å². The lowest BCUT2D eigenvalue weighted by Crippen LogP contribution is -2.46. The summed E-state index contributed by atoms with van der Waals surface area (Å²) in [6.45, 7) is 3.97. The molecule has 0 spiro atoms. The van der Waals surface area contributed by atoms with E-state index in [9.17, 15) is 14.9 Å². The van der Waals surface area contributed by atoms with E-state index in [-0.39, 0.29) is 27.8 Å². The molecule has 5 aromatic rings. The van der Waals surface area contributed by atoms with Crippen LogP contribution in [0.4, 0.5) is 5.95 Å². The summed E-state index contributed by atoms with van der Waals surface area (Å²) in [6, 6.07) is 19.3. The third-order valence-corrected chi connectivity index (χ3v) is 6.53. The molecule has 6 rings (SSSR count). The van der Waals surface area contributed by atoms with Crippen molar-refractivity contribution < 1.29 is 0 Å². The maximum absolute atomic E-state index is 13.3. The lowest BCUT2D eigenvalue weighted by Gasteiger charge is -2.34. The smallest absolute Gasteiger partial charge is 0.266 e. The number of aromatic nitrogens is 4. The Kier molecular flexibility index (Phi) is 5.01. The third kappa shape index (κ3) is 3.52. The molecule has 2 aromatic carbocycles. The number of nitriles is 1. The summed E-state index contributed by atoms with van der Waals surface area (Å²) >= 11 is 0. The molecule has 0 amide bonds. The highest BCUT2D eigenvalue weighted by atomic mass is 16.1. The molecular formula is C26H21N7O2. The van der Waals surface area contributed by atoms with Crippen molar-refractivity contribution in [2.45, 2.75) is 6.54 Å². The second-order valence-corrected chi connectivity index (χ2v) is 8.63. The van der Waals surface area contributed by atoms with E-state index in [1.54, 1.807) is 24.3 Å². The number of H-pyrrole nitrogens is 1. The van der Waals surface area contributed by atoms with E-state index in [0.717, 1.165) is 19.6 Å². The SMILES string of the molecule is N#Cc1c(=O)c2nc(N3CCN(Cc4ccccc4)CC3)ncc2n2c(=O)c3ccccc3[nH]c12. The van der Waals surface area contributed by atoms with E-state index in [1.807, 2.05) is 29.2 Å². The van der Waals surface area contributed by atoms with Crippen LogP contribution in [-0.4, -0.2) is 50.4 Å². The van der Waals surface area contributed by atoms with E-state index < -0.39 is 5.43 Å². The molecule has 0 unspecified atom stereocenters. The number of piperazine rings is 1. The first kappa shape index (κ1) is 21.0. The minimum absolute atomic E-state index is 0.0662. The van der Waals surface area contributed by atoms with Crippen molar-refractivity contribution in [3.63, 3.8) is 0 Å². The molecule has 4 heterocycles. The number of rotatable bonds is 3. The molecule has 9 heteroatoms. The molecule has 1 aliphatic rings. The summed E-state index contributed by atoms with van der Waals surface area (Å²) in [4.78, 5) is 43.1. The van der Waals surface area contributed by atoms with Gasteiger partial charge in [-0.3, -0.25) is 18.9 Å². The number of aromatic amines is 1. The zero-order chi connectivity index (χ0) is 23.9. The Morgan fingerprint density at radius 3 is 2.49 bits per heavy atom. The summed E-state index contributed by atoms with van der Waals surface area (Å²) in [5.74, 6) is 0.426. The van der Waals surface area contributed by atoms with Crippen LogP contribution < -0.4 is 15.9 Å². The summed E-state index contributed by atoms with van der Waals surface area (Å²) in [6.07, 6.45) is 1.51. The highest BCUT2D eigenvalue weighted by molar-refractivity contribution is 5.86. The zero-order valence-electron chi connectivity index (χ0n) is 18.8. The number of para-hydroxylation sites is 1. The fraction of sp³-hybridized carbons (Fsp3) is 0.192. The number of hydrogen-bond donors (Lipinski definition) is 1. The fourth-order valence-corrected chi connectivity index (χ4v) is 4.71. The Morgan fingerprint density at radius 1 is 0.971 bits per heavy atom. The molecule has 1 saturated heterocycles. The fourth-order valence-electron chi connectivity index (χ4n) is 4.71. The van der Waals surface area contributed by atoms with Crippen molar-refractivity contribution in [3.05, 3.63) is 92.5 Å². The molecule has 35 heavy (non-hydrogen) atoms. The molecule has 172 valence electrons. The molecular weight excluding hydrogens is 442 g/mol. The van der Waals surface area contributed by atoms with Crippen molar-refractivity contribution in [2.24, 2.45) is 0 Å². The Labute approximate surface area is 199 Å². The summed E-state index contributed by atoms with van der Waals surface area (Å²) < 4.78 is 1.33. The van der Waals surface area contributed by atoms with Gasteiger partial charge < -0.3 is 9.88 Å². The highest BCUT2D eigenvalue weighted by Crippen LogP contribution is 2.19. The van der Waals surface area contributed by atoms with Gasteiger partial charge in [-0.05, 0) is 17.7 Å². The van der Waals surface area contributed by atoms with Gasteiger partial charge in [-0.2, -0.15) is 5.26 Å². The molecule has 3 aromatic heterocycles. The lowest BCUT2D eigenvalue weighted by atomic mass is 10.2. The van der Waals surface area contributed by atoms with E-state index in [4.69, 9.17) is 0 Å². The molecule has 0 atom stereocenters. The minimum atomic E-state index is -0.514. The van der Waals surface area contributed by atoms with E-state index in [1.165, 1.54) is 16.2 Å². The molecule has 1 N–H and O–H groups in total. The molecule has 1 fully saturated rings. The first-order valence-corrected chi connectivity index (χ1v) is 11.4. The van der Waals surface area contributed by atoms with Gasteiger partial charge in [0.1, 0.15) is 22.8 Å². The van der Waals surface area contributed by atoms with E-state index >= 15 is 0 Å². The summed E-state index contributed by atoms with van der Waals surface area (Å²) in [5, 5.41) is 10.2. The van der Waals surface area contributed by atoms with Crippen LogP contribution in [0.3, 0.4) is 0 Å². The number of pyridine rings is 1. The van der Waals surface area contributed by atoms with Crippen LogP contribution in [0.25, 0.3) is 27.6 Å². The van der Waals surface area contributed by atoms with Crippen LogP contribution in [0.15, 0.2) is 70.4 Å². The largest absolute Gasteiger partial charge is 0.339 e. The normalized spacial score (nSPS) is 14.5. The number of anilines is 1. The highest BCUT2D eigenvalue weighted by Gasteiger charge is 2.22. The van der Waals surface area contributed by atoms with Crippen molar-refractivity contribution in [1.82, 2.24) is 24.3 Å². The van der Waals surface area contributed by atoms with Crippen LogP contribution in [0, 0.1) is 11.3 Å². The average molecular weight is 464 g/mol. The topological polar surface area (TPSA) is 110 Å². The van der Waals surface area contributed by atoms with Crippen LogP contribution in [0.5, 0.6) is 0 Å². The molecule has 0 bridgehead atoms. The van der Waals surface area contributed by atoms with E-state index in [2.05, 4.69) is 32.0 Å².